The number of amides is 1. The van der Waals surface area contributed by atoms with E-state index in [1.54, 1.807) is 38.7 Å². The van der Waals surface area contributed by atoms with Gasteiger partial charge in [-0.1, -0.05) is 0 Å². The van der Waals surface area contributed by atoms with Crippen molar-refractivity contribution in [3.63, 3.8) is 0 Å². The smallest absolute Gasteiger partial charge is 0.243 e. The van der Waals surface area contributed by atoms with Crippen LogP contribution in [0.4, 0.5) is 5.69 Å². The molecule has 0 aromatic carbocycles. The summed E-state index contributed by atoms with van der Waals surface area (Å²) >= 11 is 0. The molecule has 7 nitrogen and oxygen atoms in total. The first-order valence-electron chi connectivity index (χ1n) is 6.39. The number of anilines is 1. The fraction of sp³-hybridized carbons (Fsp3) is 0.462. The predicted octanol–water partition coefficient (Wildman–Crippen LogP) is 0.222. The minimum Gasteiger partial charge on any atom is -0.385 e. The van der Waals surface area contributed by atoms with Crippen molar-refractivity contribution in [2.45, 2.75) is 6.42 Å². The van der Waals surface area contributed by atoms with E-state index in [4.69, 9.17) is 4.74 Å². The number of carbonyl (C=O) groups is 1. The van der Waals surface area contributed by atoms with E-state index < -0.39 is 0 Å². The maximum Gasteiger partial charge on any atom is 0.243 e. The maximum absolute atomic E-state index is 11.7. The molecule has 0 radical (unpaired) electrons. The van der Waals surface area contributed by atoms with Crippen molar-refractivity contribution in [2.24, 2.45) is 4.99 Å². The van der Waals surface area contributed by atoms with Crippen molar-refractivity contribution in [3.05, 3.63) is 24.5 Å². The molecule has 7 heteroatoms. The van der Waals surface area contributed by atoms with Crippen LogP contribution in [0.1, 0.15) is 6.42 Å². The summed E-state index contributed by atoms with van der Waals surface area (Å²) in [6.45, 7) is 1.56. The Morgan fingerprint density at radius 1 is 1.45 bits per heavy atom. The highest BCUT2D eigenvalue weighted by Gasteiger charge is 2.03. The molecule has 0 unspecified atom stereocenters. The first-order valence-corrected chi connectivity index (χ1v) is 6.39. The van der Waals surface area contributed by atoms with E-state index in [0.717, 1.165) is 13.0 Å². The van der Waals surface area contributed by atoms with Crippen LogP contribution in [0.3, 0.4) is 0 Å². The van der Waals surface area contributed by atoms with Gasteiger partial charge in [0.25, 0.3) is 0 Å². The molecule has 0 atom stereocenters. The molecule has 0 aliphatic heterocycles. The van der Waals surface area contributed by atoms with Gasteiger partial charge in [0.2, 0.25) is 5.91 Å². The zero-order chi connectivity index (χ0) is 14.6. The number of carbonyl (C=O) groups excluding carboxylic acids is 1. The van der Waals surface area contributed by atoms with Gasteiger partial charge in [-0.05, 0) is 18.6 Å². The van der Waals surface area contributed by atoms with Gasteiger partial charge in [0.1, 0.15) is 0 Å². The van der Waals surface area contributed by atoms with Crippen LogP contribution in [0.5, 0.6) is 0 Å². The number of guanidine groups is 1. The van der Waals surface area contributed by atoms with E-state index in [9.17, 15) is 4.79 Å². The first kappa shape index (κ1) is 15.9. The van der Waals surface area contributed by atoms with Gasteiger partial charge in [0, 0.05) is 33.5 Å². The van der Waals surface area contributed by atoms with Crippen LogP contribution in [0.2, 0.25) is 0 Å². The summed E-state index contributed by atoms with van der Waals surface area (Å²) in [7, 11) is 3.32. The van der Waals surface area contributed by atoms with Crippen LogP contribution < -0.4 is 16.0 Å². The second-order valence-electron chi connectivity index (χ2n) is 3.99. The second-order valence-corrected chi connectivity index (χ2v) is 3.99. The Morgan fingerprint density at radius 3 is 2.95 bits per heavy atom. The molecule has 0 bridgehead atoms. The third-order valence-electron chi connectivity index (χ3n) is 2.40. The van der Waals surface area contributed by atoms with Crippen molar-refractivity contribution < 1.29 is 9.53 Å². The number of nitrogens with one attached hydrogen (secondary N) is 3. The lowest BCUT2D eigenvalue weighted by Crippen LogP contribution is -2.41. The van der Waals surface area contributed by atoms with Crippen molar-refractivity contribution in [1.29, 1.82) is 0 Å². The molecule has 1 aromatic rings. The van der Waals surface area contributed by atoms with Gasteiger partial charge in [0.05, 0.1) is 18.4 Å². The van der Waals surface area contributed by atoms with Crippen LogP contribution in [0, 0.1) is 0 Å². The standard InChI is InChI=1S/C13H21N5O2/c1-14-13(16-7-4-8-20-2)17-10-12(19)18-11-5-3-6-15-9-11/h3,5-6,9H,4,7-8,10H2,1-2H3,(H,18,19)(H2,14,16,17). The summed E-state index contributed by atoms with van der Waals surface area (Å²) in [5, 5.41) is 8.75. The highest BCUT2D eigenvalue weighted by Crippen LogP contribution is 2.01. The van der Waals surface area contributed by atoms with Crippen molar-refractivity contribution in [1.82, 2.24) is 15.6 Å². The van der Waals surface area contributed by atoms with E-state index in [1.807, 2.05) is 0 Å². The van der Waals surface area contributed by atoms with Crippen LogP contribution in [0.15, 0.2) is 29.5 Å². The van der Waals surface area contributed by atoms with Gasteiger partial charge < -0.3 is 20.7 Å². The fourth-order valence-electron chi connectivity index (χ4n) is 1.45. The van der Waals surface area contributed by atoms with Gasteiger partial charge >= 0.3 is 0 Å². The average molecular weight is 279 g/mol. The number of rotatable bonds is 7. The lowest BCUT2D eigenvalue weighted by Gasteiger charge is -2.11. The third-order valence-corrected chi connectivity index (χ3v) is 2.40. The second kappa shape index (κ2) is 9.74. The summed E-state index contributed by atoms with van der Waals surface area (Å²) in [5.41, 5.74) is 0.669. The van der Waals surface area contributed by atoms with Crippen molar-refractivity contribution >= 4 is 17.6 Å². The quantitative estimate of drug-likeness (QED) is 0.377. The van der Waals surface area contributed by atoms with Gasteiger partial charge in [-0.15, -0.1) is 0 Å². The Bertz CT molecular complexity index is 422. The van der Waals surface area contributed by atoms with Gasteiger partial charge in [0.15, 0.2) is 5.96 Å². The summed E-state index contributed by atoms with van der Waals surface area (Å²) in [4.78, 5) is 19.7. The minimum atomic E-state index is -0.155. The Balaban J connectivity index is 2.24. The lowest BCUT2D eigenvalue weighted by molar-refractivity contribution is -0.115. The number of nitrogens with zero attached hydrogens (tertiary/aromatic N) is 2. The van der Waals surface area contributed by atoms with Crippen LogP contribution >= 0.6 is 0 Å². The molecule has 1 amide bonds. The topological polar surface area (TPSA) is 87.6 Å². The Morgan fingerprint density at radius 2 is 2.30 bits per heavy atom. The predicted molar refractivity (Wildman–Crippen MR) is 78.7 cm³/mol. The summed E-state index contributed by atoms with van der Waals surface area (Å²) < 4.78 is 4.95. The number of aromatic nitrogens is 1. The third kappa shape index (κ3) is 6.69. The molecule has 0 saturated heterocycles. The van der Waals surface area contributed by atoms with Crippen molar-refractivity contribution in [2.75, 3.05) is 39.2 Å². The van der Waals surface area contributed by atoms with E-state index in [2.05, 4.69) is 25.9 Å². The van der Waals surface area contributed by atoms with E-state index in [0.29, 0.717) is 18.3 Å². The minimum absolute atomic E-state index is 0.138. The van der Waals surface area contributed by atoms with E-state index in [-0.39, 0.29) is 12.5 Å². The molecule has 3 N–H and O–H groups in total. The number of hydrogen-bond acceptors (Lipinski definition) is 4. The van der Waals surface area contributed by atoms with Crippen LogP contribution in [-0.2, 0) is 9.53 Å². The summed E-state index contributed by atoms with van der Waals surface area (Å²) in [6, 6.07) is 3.54. The van der Waals surface area contributed by atoms with Gasteiger partial charge in [-0.25, -0.2) is 0 Å². The largest absolute Gasteiger partial charge is 0.385 e. The fourth-order valence-corrected chi connectivity index (χ4v) is 1.45. The zero-order valence-corrected chi connectivity index (χ0v) is 11.8. The molecule has 1 rings (SSSR count). The number of ether oxygens (including phenoxy) is 1. The number of hydrogen-bond donors (Lipinski definition) is 3. The Labute approximate surface area is 118 Å². The van der Waals surface area contributed by atoms with E-state index >= 15 is 0 Å². The monoisotopic (exact) mass is 279 g/mol. The number of pyridine rings is 1. The lowest BCUT2D eigenvalue weighted by atomic mass is 10.4. The maximum atomic E-state index is 11.7. The Kier molecular flexibility index (Phi) is 7.74. The van der Waals surface area contributed by atoms with E-state index in [1.165, 1.54) is 0 Å². The van der Waals surface area contributed by atoms with Crippen LogP contribution in [-0.4, -0.2) is 50.7 Å². The molecule has 0 fully saturated rings. The Hall–Kier alpha value is -2.15. The molecule has 0 aliphatic rings. The van der Waals surface area contributed by atoms with Gasteiger partial charge in [-0.3, -0.25) is 14.8 Å². The highest BCUT2D eigenvalue weighted by molar-refractivity contribution is 5.94. The number of methoxy groups -OCH3 is 1. The molecule has 1 aromatic heterocycles. The molecular weight excluding hydrogens is 258 g/mol. The molecule has 20 heavy (non-hydrogen) atoms. The van der Waals surface area contributed by atoms with Crippen molar-refractivity contribution in [3.8, 4) is 0 Å². The molecule has 110 valence electrons. The number of aliphatic imine (C=N–C) groups is 1. The molecule has 0 saturated carbocycles. The van der Waals surface area contributed by atoms with Crippen LogP contribution in [0.25, 0.3) is 0 Å². The molecule has 0 spiro atoms. The average Bonchev–Trinajstić information content (AvgIpc) is 2.47. The molecule has 1 heterocycles. The zero-order valence-electron chi connectivity index (χ0n) is 11.8. The molecule has 0 aliphatic carbocycles. The normalized spacial score (nSPS) is 11.0. The summed E-state index contributed by atoms with van der Waals surface area (Å²) in [5.74, 6) is 0.431. The first-order chi connectivity index (χ1) is 9.76. The van der Waals surface area contributed by atoms with Gasteiger partial charge in [-0.2, -0.15) is 0 Å². The summed E-state index contributed by atoms with van der Waals surface area (Å²) in [6.07, 6.45) is 4.12. The molecular formula is C13H21N5O2. The highest BCUT2D eigenvalue weighted by atomic mass is 16.5. The SMILES string of the molecule is CN=C(NCCCOC)NCC(=O)Nc1cccnc1.